The molecule has 2 spiro atoms. The molecule has 3 N–H and O–H groups in total. The van der Waals surface area contributed by atoms with E-state index < -0.39 is 23.9 Å². The predicted octanol–water partition coefficient (Wildman–Crippen LogP) is 5.14. The molecule has 6 aliphatic carbocycles. The Kier molecular flexibility index (Phi) is 6.81. The number of hydrogen-bond acceptors (Lipinski definition) is 7. The van der Waals surface area contributed by atoms with Crippen molar-refractivity contribution in [3.8, 4) is 0 Å². The number of morpholine rings is 1. The first-order chi connectivity index (χ1) is 20.6. The summed E-state index contributed by atoms with van der Waals surface area (Å²) < 4.78 is 19.8. The molecule has 2 heterocycles. The number of aliphatic hydroxyl groups is 3. The van der Waals surface area contributed by atoms with Gasteiger partial charge in [0.15, 0.2) is 6.29 Å². The van der Waals surface area contributed by atoms with Gasteiger partial charge in [-0.05, 0) is 123 Å². The maximum absolute atomic E-state index is 12.4. The Balaban J connectivity index is 1.04. The second-order valence-electron chi connectivity index (χ2n) is 18.8. The van der Waals surface area contributed by atoms with E-state index >= 15 is 0 Å². The van der Waals surface area contributed by atoms with E-state index in [9.17, 15) is 15.3 Å². The Labute approximate surface area is 265 Å². The molecule has 0 aromatic carbocycles. The van der Waals surface area contributed by atoms with Crippen molar-refractivity contribution < 1.29 is 29.5 Å². The smallest absolute Gasteiger partial charge is 0.170 e. The van der Waals surface area contributed by atoms with Gasteiger partial charge in [0.25, 0.3) is 0 Å². The Morgan fingerprint density at radius 1 is 0.955 bits per heavy atom. The molecule has 0 aromatic rings. The van der Waals surface area contributed by atoms with Crippen molar-refractivity contribution in [2.24, 2.45) is 50.7 Å². The highest BCUT2D eigenvalue weighted by molar-refractivity contribution is 5.33. The van der Waals surface area contributed by atoms with Gasteiger partial charge < -0.3 is 29.5 Å². The van der Waals surface area contributed by atoms with E-state index in [1.165, 1.54) is 44.9 Å². The van der Waals surface area contributed by atoms with E-state index in [1.807, 2.05) is 0 Å². The van der Waals surface area contributed by atoms with E-state index in [1.54, 1.807) is 13.8 Å². The van der Waals surface area contributed by atoms with Crippen molar-refractivity contribution in [1.29, 1.82) is 0 Å². The Morgan fingerprint density at radius 3 is 2.36 bits per heavy atom. The van der Waals surface area contributed by atoms with Crippen molar-refractivity contribution in [2.75, 3.05) is 19.7 Å². The van der Waals surface area contributed by atoms with Crippen molar-refractivity contribution in [2.45, 2.75) is 161 Å². The van der Waals surface area contributed by atoms with Gasteiger partial charge in [-0.1, -0.05) is 34.6 Å². The van der Waals surface area contributed by atoms with Crippen LogP contribution in [0.5, 0.6) is 0 Å². The van der Waals surface area contributed by atoms with E-state index in [2.05, 4.69) is 39.5 Å². The molecule has 6 saturated carbocycles. The number of ether oxygens (including phenoxy) is 3. The lowest BCUT2D eigenvalue weighted by molar-refractivity contribution is -0.249. The van der Waals surface area contributed by atoms with Crippen LogP contribution in [0.15, 0.2) is 0 Å². The van der Waals surface area contributed by atoms with Gasteiger partial charge in [-0.2, -0.15) is 0 Å². The average molecular weight is 616 g/mol. The molecule has 0 aromatic heterocycles. The van der Waals surface area contributed by atoms with Crippen LogP contribution in [0.25, 0.3) is 0 Å². The van der Waals surface area contributed by atoms with Crippen molar-refractivity contribution in [1.82, 2.24) is 4.90 Å². The largest absolute Gasteiger partial charge is 0.390 e. The van der Waals surface area contributed by atoms with Crippen LogP contribution in [0.1, 0.15) is 113 Å². The van der Waals surface area contributed by atoms with Crippen LogP contribution in [0.3, 0.4) is 0 Å². The maximum Gasteiger partial charge on any atom is 0.170 e. The first-order valence-electron chi connectivity index (χ1n) is 18.4. The fourth-order valence-electron chi connectivity index (χ4n) is 13.9. The van der Waals surface area contributed by atoms with Crippen molar-refractivity contribution >= 4 is 0 Å². The molecule has 14 atom stereocenters. The molecule has 7 nitrogen and oxygen atoms in total. The molecule has 0 amide bonds. The van der Waals surface area contributed by atoms with Crippen LogP contribution < -0.4 is 0 Å². The first kappa shape index (κ1) is 31.0. The minimum absolute atomic E-state index is 0.00469. The summed E-state index contributed by atoms with van der Waals surface area (Å²) in [7, 11) is 0. The highest BCUT2D eigenvalue weighted by Gasteiger charge is 2.84. The van der Waals surface area contributed by atoms with E-state index in [0.29, 0.717) is 28.6 Å². The van der Waals surface area contributed by atoms with Gasteiger partial charge in [0.2, 0.25) is 0 Å². The standard InChI is InChI=1S/C37H61NO6/c1-21-18-23(30(39)33(4,5)41)43-29-28(21)34(6)14-15-37-20-36(37)13-12-26(44-27-19-38(16-17-42-27)22-8-9-22)32(2,3)24(36)10-11-25(37)35(34,7)31(29)40/h21-31,39-41H,8-20H2,1-7H3/t21-,23?,24+,25?,26?,27?,28?,29?,30?,31+,34?,35-,36?,37?/m1/s1. The molecular formula is C37H61NO6. The Bertz CT molecular complexity index is 1150. The molecular weight excluding hydrogens is 554 g/mol. The molecule has 8 aliphatic rings. The summed E-state index contributed by atoms with van der Waals surface area (Å²) in [5.41, 5.74) is -0.705. The minimum atomic E-state index is -1.24. The highest BCUT2D eigenvalue weighted by Crippen LogP contribution is 2.89. The third kappa shape index (κ3) is 3.93. The lowest BCUT2D eigenvalue weighted by Gasteiger charge is -2.64. The topological polar surface area (TPSA) is 91.6 Å². The summed E-state index contributed by atoms with van der Waals surface area (Å²) in [6, 6.07) is 0.758. The monoisotopic (exact) mass is 615 g/mol. The van der Waals surface area contributed by atoms with Gasteiger partial charge >= 0.3 is 0 Å². The molecule has 8 rings (SSSR count). The summed E-state index contributed by atoms with van der Waals surface area (Å²) >= 11 is 0. The van der Waals surface area contributed by atoms with Gasteiger partial charge in [0.05, 0.1) is 36.6 Å². The average Bonchev–Trinajstić information content (AvgIpc) is 3.88. The summed E-state index contributed by atoms with van der Waals surface area (Å²) in [5.74, 6) is 1.72. The number of fused-ring (bicyclic) bond motifs is 4. The van der Waals surface area contributed by atoms with Gasteiger partial charge in [-0.25, -0.2) is 0 Å². The lowest BCUT2D eigenvalue weighted by Crippen LogP contribution is -2.60. The zero-order valence-corrected chi connectivity index (χ0v) is 28.6. The Morgan fingerprint density at radius 2 is 1.66 bits per heavy atom. The van der Waals surface area contributed by atoms with Crippen LogP contribution in [-0.4, -0.2) is 88.4 Å². The van der Waals surface area contributed by atoms with Crippen LogP contribution in [0.2, 0.25) is 0 Å². The number of rotatable bonds is 5. The van der Waals surface area contributed by atoms with Gasteiger partial charge in [0, 0.05) is 24.5 Å². The summed E-state index contributed by atoms with van der Waals surface area (Å²) in [6.07, 6.45) is 9.71. The molecule has 0 radical (unpaired) electrons. The number of hydrogen-bond donors (Lipinski definition) is 3. The molecule has 250 valence electrons. The Hall–Kier alpha value is -0.280. The minimum Gasteiger partial charge on any atom is -0.390 e. The zero-order chi connectivity index (χ0) is 31.2. The summed E-state index contributed by atoms with van der Waals surface area (Å²) in [4.78, 5) is 2.59. The van der Waals surface area contributed by atoms with Gasteiger partial charge in [-0.15, -0.1) is 0 Å². The molecule has 0 bridgehead atoms. The highest BCUT2D eigenvalue weighted by atomic mass is 16.7. The maximum atomic E-state index is 12.4. The normalized spacial score (nSPS) is 55.6. The van der Waals surface area contributed by atoms with E-state index in [4.69, 9.17) is 14.2 Å². The molecule has 44 heavy (non-hydrogen) atoms. The first-order valence-corrected chi connectivity index (χ1v) is 18.4. The molecule has 2 aliphatic heterocycles. The molecule has 7 heteroatoms. The van der Waals surface area contributed by atoms with Crippen molar-refractivity contribution in [3.05, 3.63) is 0 Å². The fourth-order valence-corrected chi connectivity index (χ4v) is 13.9. The van der Waals surface area contributed by atoms with Crippen LogP contribution >= 0.6 is 0 Å². The summed E-state index contributed by atoms with van der Waals surface area (Å²) in [6.45, 7) is 18.3. The molecule has 2 saturated heterocycles. The van der Waals surface area contributed by atoms with Crippen molar-refractivity contribution in [3.63, 3.8) is 0 Å². The van der Waals surface area contributed by atoms with Crippen LogP contribution in [0.4, 0.5) is 0 Å². The van der Waals surface area contributed by atoms with Crippen LogP contribution in [-0.2, 0) is 14.2 Å². The predicted molar refractivity (Wildman–Crippen MR) is 168 cm³/mol. The van der Waals surface area contributed by atoms with Crippen LogP contribution in [0, 0.1) is 50.7 Å². The number of nitrogens with zero attached hydrogens (tertiary/aromatic N) is 1. The fraction of sp³-hybridized carbons (Fsp3) is 1.00. The quantitative estimate of drug-likeness (QED) is 0.395. The van der Waals surface area contributed by atoms with E-state index in [0.717, 1.165) is 45.0 Å². The molecule has 8 fully saturated rings. The summed E-state index contributed by atoms with van der Waals surface area (Å²) in [5, 5.41) is 34.1. The SMILES string of the molecule is C[C@@H]1CC(C(O)C(C)(C)O)OC2C1C1(C)CCC34CC35CCC(OC3CN(C6CC6)CCO3)C(C)(C)[C@@H]5CCC4[C@]1(C)[C@H]2O. The van der Waals surface area contributed by atoms with Gasteiger partial charge in [0.1, 0.15) is 6.10 Å². The third-order valence-electron chi connectivity index (χ3n) is 16.3. The van der Waals surface area contributed by atoms with Gasteiger partial charge in [-0.3, -0.25) is 4.90 Å². The number of aliphatic hydroxyl groups excluding tert-OH is 2. The molecule has 10 unspecified atom stereocenters. The lowest BCUT2D eigenvalue weighted by atomic mass is 9.41. The third-order valence-corrected chi connectivity index (χ3v) is 16.3. The van der Waals surface area contributed by atoms with E-state index in [-0.39, 0.29) is 40.7 Å². The second kappa shape index (κ2) is 9.66. The second-order valence-corrected chi connectivity index (χ2v) is 18.8. The zero-order valence-electron chi connectivity index (χ0n) is 28.6.